The molecule has 0 saturated heterocycles. The Kier molecular flexibility index (Phi) is 7.17. The summed E-state index contributed by atoms with van der Waals surface area (Å²) in [6.45, 7) is 4.11. The van der Waals surface area contributed by atoms with Gasteiger partial charge in [-0.1, -0.05) is 26.7 Å². The second kappa shape index (κ2) is 9.13. The van der Waals surface area contributed by atoms with Crippen molar-refractivity contribution in [3.63, 3.8) is 0 Å². The molecule has 138 valence electrons. The minimum Gasteiger partial charge on any atom is -0.496 e. The molecule has 1 saturated carbocycles. The Labute approximate surface area is 153 Å². The Morgan fingerprint density at radius 1 is 1.28 bits per heavy atom. The molecular weight excluding hydrogens is 338 g/mol. The fourth-order valence-corrected chi connectivity index (χ4v) is 3.64. The Balaban J connectivity index is 1.90. The van der Waals surface area contributed by atoms with Crippen LogP contribution in [-0.2, 0) is 9.53 Å². The van der Waals surface area contributed by atoms with E-state index in [1.54, 1.807) is 23.9 Å². The third kappa shape index (κ3) is 5.14. The van der Waals surface area contributed by atoms with Gasteiger partial charge < -0.3 is 14.8 Å². The maximum atomic E-state index is 12.2. The molecule has 5 nitrogen and oxygen atoms in total. The molecule has 1 N–H and O–H groups in total. The van der Waals surface area contributed by atoms with E-state index in [1.807, 2.05) is 12.3 Å². The van der Waals surface area contributed by atoms with Gasteiger partial charge >= 0.3 is 5.97 Å². The molecule has 0 heterocycles. The van der Waals surface area contributed by atoms with E-state index in [0.717, 1.165) is 17.7 Å². The standard InChI is InChI=1S/C19H27NO4S/c1-12-6-5-7-16(13(12)2)20-18(21)11-24-19(22)15-9-8-14(25-4)10-17(15)23-3/h8-10,12-13,16H,5-7,11H2,1-4H3,(H,20,21)/t12-,13+,16+/m1/s1. The smallest absolute Gasteiger partial charge is 0.342 e. The Bertz CT molecular complexity index is 619. The predicted octanol–water partition coefficient (Wildman–Crippen LogP) is 3.51. The van der Waals surface area contributed by atoms with Gasteiger partial charge in [0.1, 0.15) is 11.3 Å². The zero-order valence-corrected chi connectivity index (χ0v) is 16.2. The minimum atomic E-state index is -0.551. The summed E-state index contributed by atoms with van der Waals surface area (Å²) in [5.41, 5.74) is 0.327. The second-order valence-electron chi connectivity index (χ2n) is 6.58. The van der Waals surface area contributed by atoms with Gasteiger partial charge in [-0.3, -0.25) is 4.79 Å². The highest BCUT2D eigenvalue weighted by atomic mass is 32.2. The third-order valence-corrected chi connectivity index (χ3v) is 5.74. The van der Waals surface area contributed by atoms with E-state index in [9.17, 15) is 9.59 Å². The first-order valence-corrected chi connectivity index (χ1v) is 9.87. The van der Waals surface area contributed by atoms with Crippen LogP contribution in [0.15, 0.2) is 23.1 Å². The molecule has 0 spiro atoms. The Hall–Kier alpha value is -1.69. The maximum Gasteiger partial charge on any atom is 0.342 e. The van der Waals surface area contributed by atoms with E-state index in [-0.39, 0.29) is 18.6 Å². The number of nitrogens with one attached hydrogen (secondary N) is 1. The number of esters is 1. The van der Waals surface area contributed by atoms with Crippen molar-refractivity contribution in [1.29, 1.82) is 0 Å². The van der Waals surface area contributed by atoms with Crippen molar-refractivity contribution >= 4 is 23.6 Å². The summed E-state index contributed by atoms with van der Waals surface area (Å²) < 4.78 is 10.4. The molecule has 1 amide bonds. The van der Waals surface area contributed by atoms with E-state index in [4.69, 9.17) is 9.47 Å². The largest absolute Gasteiger partial charge is 0.496 e. The number of thioether (sulfide) groups is 1. The van der Waals surface area contributed by atoms with Crippen LogP contribution in [0, 0.1) is 11.8 Å². The quantitative estimate of drug-likeness (QED) is 0.617. The van der Waals surface area contributed by atoms with E-state index >= 15 is 0 Å². The molecule has 0 unspecified atom stereocenters. The molecule has 2 rings (SSSR count). The fourth-order valence-electron chi connectivity index (χ4n) is 3.21. The van der Waals surface area contributed by atoms with Crippen LogP contribution in [0.3, 0.4) is 0 Å². The lowest BCUT2D eigenvalue weighted by Crippen LogP contribution is -2.45. The zero-order chi connectivity index (χ0) is 18.4. The number of hydrogen-bond acceptors (Lipinski definition) is 5. The summed E-state index contributed by atoms with van der Waals surface area (Å²) in [5, 5.41) is 3.00. The van der Waals surface area contributed by atoms with Crippen LogP contribution in [-0.4, -0.2) is 37.9 Å². The van der Waals surface area contributed by atoms with Gasteiger partial charge in [0.15, 0.2) is 6.61 Å². The highest BCUT2D eigenvalue weighted by molar-refractivity contribution is 7.98. The van der Waals surface area contributed by atoms with Crippen molar-refractivity contribution in [3.05, 3.63) is 23.8 Å². The fraction of sp³-hybridized carbons (Fsp3) is 0.579. The monoisotopic (exact) mass is 365 g/mol. The van der Waals surface area contributed by atoms with Crippen LogP contribution in [0.4, 0.5) is 0 Å². The maximum absolute atomic E-state index is 12.2. The van der Waals surface area contributed by atoms with Gasteiger partial charge in [0, 0.05) is 10.9 Å². The Morgan fingerprint density at radius 2 is 2.04 bits per heavy atom. The summed E-state index contributed by atoms with van der Waals surface area (Å²) in [6.07, 6.45) is 5.25. The van der Waals surface area contributed by atoms with Crippen LogP contribution in [0.2, 0.25) is 0 Å². The van der Waals surface area contributed by atoms with Crippen molar-refractivity contribution in [2.45, 2.75) is 44.0 Å². The molecule has 0 aromatic heterocycles. The van der Waals surface area contributed by atoms with Gasteiger partial charge in [0.2, 0.25) is 0 Å². The predicted molar refractivity (Wildman–Crippen MR) is 99.2 cm³/mol. The van der Waals surface area contributed by atoms with E-state index in [1.165, 1.54) is 13.5 Å². The molecule has 0 bridgehead atoms. The van der Waals surface area contributed by atoms with E-state index in [2.05, 4.69) is 19.2 Å². The number of methoxy groups -OCH3 is 1. The molecule has 0 radical (unpaired) electrons. The average molecular weight is 365 g/mol. The van der Waals surface area contributed by atoms with Gasteiger partial charge in [-0.25, -0.2) is 4.79 Å². The molecule has 1 aromatic rings. The molecule has 1 aromatic carbocycles. The number of carbonyl (C=O) groups excluding carboxylic acids is 2. The number of rotatable bonds is 6. The first-order chi connectivity index (χ1) is 12.0. The average Bonchev–Trinajstić information content (AvgIpc) is 2.62. The summed E-state index contributed by atoms with van der Waals surface area (Å²) in [7, 11) is 1.51. The molecule has 0 aliphatic heterocycles. The normalized spacial score (nSPS) is 23.0. The van der Waals surface area contributed by atoms with Crippen LogP contribution >= 0.6 is 11.8 Å². The highest BCUT2D eigenvalue weighted by Gasteiger charge is 2.28. The van der Waals surface area contributed by atoms with Crippen molar-refractivity contribution in [2.75, 3.05) is 20.0 Å². The summed E-state index contributed by atoms with van der Waals surface area (Å²) in [4.78, 5) is 25.4. The molecule has 3 atom stereocenters. The summed E-state index contributed by atoms with van der Waals surface area (Å²) in [6, 6.07) is 5.43. The van der Waals surface area contributed by atoms with Crippen LogP contribution in [0.5, 0.6) is 5.75 Å². The first-order valence-electron chi connectivity index (χ1n) is 8.64. The lowest BCUT2D eigenvalue weighted by Gasteiger charge is -2.34. The number of hydrogen-bond donors (Lipinski definition) is 1. The van der Waals surface area contributed by atoms with Crippen molar-refractivity contribution < 1.29 is 19.1 Å². The number of ether oxygens (including phenoxy) is 2. The molecule has 1 fully saturated rings. The van der Waals surface area contributed by atoms with Gasteiger partial charge in [0.05, 0.1) is 7.11 Å². The van der Waals surface area contributed by atoms with Crippen LogP contribution < -0.4 is 10.1 Å². The third-order valence-electron chi connectivity index (χ3n) is 5.02. The Morgan fingerprint density at radius 3 is 2.72 bits per heavy atom. The molecule has 1 aliphatic carbocycles. The zero-order valence-electron chi connectivity index (χ0n) is 15.3. The molecular formula is C19H27NO4S. The van der Waals surface area contributed by atoms with Crippen LogP contribution in [0.25, 0.3) is 0 Å². The minimum absolute atomic E-state index is 0.158. The van der Waals surface area contributed by atoms with Gasteiger partial charge in [0.25, 0.3) is 5.91 Å². The van der Waals surface area contributed by atoms with E-state index < -0.39 is 5.97 Å². The van der Waals surface area contributed by atoms with Crippen LogP contribution in [0.1, 0.15) is 43.5 Å². The van der Waals surface area contributed by atoms with Gasteiger partial charge in [-0.05, 0) is 42.7 Å². The second-order valence-corrected chi connectivity index (χ2v) is 7.46. The summed E-state index contributed by atoms with van der Waals surface area (Å²) in [5.74, 6) is 0.684. The number of benzene rings is 1. The van der Waals surface area contributed by atoms with Crippen molar-refractivity contribution in [2.24, 2.45) is 11.8 Å². The van der Waals surface area contributed by atoms with Gasteiger partial charge in [-0.2, -0.15) is 0 Å². The number of carbonyl (C=O) groups is 2. The van der Waals surface area contributed by atoms with Crippen molar-refractivity contribution in [1.82, 2.24) is 5.32 Å². The summed E-state index contributed by atoms with van der Waals surface area (Å²) >= 11 is 1.56. The van der Waals surface area contributed by atoms with Gasteiger partial charge in [-0.15, -0.1) is 11.8 Å². The molecule has 6 heteroatoms. The lowest BCUT2D eigenvalue weighted by atomic mass is 9.78. The number of amides is 1. The van der Waals surface area contributed by atoms with E-state index in [0.29, 0.717) is 23.1 Å². The SMILES string of the molecule is COc1cc(SC)ccc1C(=O)OCC(=O)N[C@H]1CCC[C@@H](C)[C@@H]1C. The highest BCUT2D eigenvalue weighted by Crippen LogP contribution is 2.29. The lowest BCUT2D eigenvalue weighted by molar-refractivity contribution is -0.125. The molecule has 1 aliphatic rings. The van der Waals surface area contributed by atoms with Crippen molar-refractivity contribution in [3.8, 4) is 5.75 Å². The first kappa shape index (κ1) is 19.6. The molecule has 25 heavy (non-hydrogen) atoms. The topological polar surface area (TPSA) is 64.6 Å².